The third-order valence-electron chi connectivity index (χ3n) is 4.97. The molecule has 2 atom stereocenters. The predicted octanol–water partition coefficient (Wildman–Crippen LogP) is 2.71. The summed E-state index contributed by atoms with van der Waals surface area (Å²) in [7, 11) is 0. The van der Waals surface area contributed by atoms with Crippen LogP contribution in [0.3, 0.4) is 0 Å². The van der Waals surface area contributed by atoms with Gasteiger partial charge in [0.1, 0.15) is 5.82 Å². The first-order valence-corrected chi connectivity index (χ1v) is 10.5. The summed E-state index contributed by atoms with van der Waals surface area (Å²) in [6.07, 6.45) is 1.32. The SMILES string of the molecule is NC(CC(N)c1ccccc1)NC(=NC1CCOCC1)NC(=O)c1ccc(Cl)c(F)c1. The molecular formula is C22H27ClFN5O2. The third kappa shape index (κ3) is 7.00. The number of halogens is 2. The van der Waals surface area contributed by atoms with Gasteiger partial charge in [-0.2, -0.15) is 0 Å². The Hall–Kier alpha value is -2.52. The summed E-state index contributed by atoms with van der Waals surface area (Å²) in [5, 5.41) is 5.69. The number of hydrogen-bond donors (Lipinski definition) is 4. The normalized spacial score (nSPS) is 17.1. The molecule has 0 aliphatic carbocycles. The molecule has 0 saturated carbocycles. The van der Waals surface area contributed by atoms with Crippen LogP contribution in [0.15, 0.2) is 53.5 Å². The van der Waals surface area contributed by atoms with Crippen LogP contribution in [0, 0.1) is 5.82 Å². The molecule has 31 heavy (non-hydrogen) atoms. The van der Waals surface area contributed by atoms with Crippen molar-refractivity contribution in [3.63, 3.8) is 0 Å². The summed E-state index contributed by atoms with van der Waals surface area (Å²) < 4.78 is 19.1. The number of amides is 1. The summed E-state index contributed by atoms with van der Waals surface area (Å²) in [5.74, 6) is -0.968. The highest BCUT2D eigenvalue weighted by molar-refractivity contribution is 6.30. The van der Waals surface area contributed by atoms with E-state index in [9.17, 15) is 9.18 Å². The van der Waals surface area contributed by atoms with E-state index in [1.54, 1.807) is 0 Å². The highest BCUT2D eigenvalue weighted by Gasteiger charge is 2.19. The van der Waals surface area contributed by atoms with Gasteiger partial charge in [0.05, 0.1) is 17.2 Å². The van der Waals surface area contributed by atoms with Crippen LogP contribution in [0.5, 0.6) is 0 Å². The molecule has 0 aromatic heterocycles. The lowest BCUT2D eigenvalue weighted by Gasteiger charge is -2.24. The van der Waals surface area contributed by atoms with Crippen LogP contribution in [0.25, 0.3) is 0 Å². The molecule has 166 valence electrons. The van der Waals surface area contributed by atoms with Gasteiger partial charge in [-0.3, -0.25) is 10.1 Å². The average Bonchev–Trinajstić information content (AvgIpc) is 2.76. The maximum atomic E-state index is 13.8. The number of nitrogens with two attached hydrogens (primary N) is 2. The molecule has 1 fully saturated rings. The number of rotatable bonds is 6. The fourth-order valence-corrected chi connectivity index (χ4v) is 3.38. The van der Waals surface area contributed by atoms with E-state index >= 15 is 0 Å². The molecule has 0 radical (unpaired) electrons. The Morgan fingerprint density at radius 1 is 1.19 bits per heavy atom. The maximum absolute atomic E-state index is 13.8. The molecule has 0 spiro atoms. The zero-order valence-electron chi connectivity index (χ0n) is 17.1. The van der Waals surface area contributed by atoms with Gasteiger partial charge in [-0.05, 0) is 43.0 Å². The maximum Gasteiger partial charge on any atom is 0.258 e. The van der Waals surface area contributed by atoms with Gasteiger partial charge in [0.15, 0.2) is 5.96 Å². The number of nitrogens with zero attached hydrogens (tertiary/aromatic N) is 1. The van der Waals surface area contributed by atoms with Crippen molar-refractivity contribution < 1.29 is 13.9 Å². The minimum Gasteiger partial charge on any atom is -0.381 e. The van der Waals surface area contributed by atoms with Crippen LogP contribution in [0.4, 0.5) is 4.39 Å². The van der Waals surface area contributed by atoms with E-state index < -0.39 is 17.9 Å². The lowest BCUT2D eigenvalue weighted by molar-refractivity contribution is 0.0868. The smallest absolute Gasteiger partial charge is 0.258 e. The summed E-state index contributed by atoms with van der Waals surface area (Å²) in [6, 6.07) is 13.2. The second-order valence-electron chi connectivity index (χ2n) is 7.41. The Kier molecular flexibility index (Phi) is 8.36. The molecule has 1 saturated heterocycles. The standard InChI is InChI=1S/C22H27ClFN5O2/c23-17-7-6-15(12-18(17)24)21(30)29-22(27-16-8-10-31-11-9-16)28-20(26)13-19(25)14-4-2-1-3-5-14/h1-7,12,16,19-20H,8-11,13,25-26H2,(H2,27,28,29,30). The molecule has 1 aliphatic rings. The number of ether oxygens (including phenoxy) is 1. The first kappa shape index (κ1) is 23.1. The number of guanidine groups is 1. The van der Waals surface area contributed by atoms with Crippen molar-refractivity contribution in [3.05, 3.63) is 70.5 Å². The largest absolute Gasteiger partial charge is 0.381 e. The number of hydrogen-bond acceptors (Lipinski definition) is 5. The molecule has 0 bridgehead atoms. The minimum absolute atomic E-state index is 0.0199. The minimum atomic E-state index is -0.671. The zero-order chi connectivity index (χ0) is 22.2. The Morgan fingerprint density at radius 3 is 2.58 bits per heavy atom. The van der Waals surface area contributed by atoms with Crippen molar-refractivity contribution in [3.8, 4) is 0 Å². The van der Waals surface area contributed by atoms with Crippen LogP contribution in [-0.2, 0) is 4.74 Å². The second-order valence-corrected chi connectivity index (χ2v) is 7.82. The first-order valence-electron chi connectivity index (χ1n) is 10.2. The van der Waals surface area contributed by atoms with Gasteiger partial charge in [0, 0.05) is 24.8 Å². The second kappa shape index (κ2) is 11.2. The monoisotopic (exact) mass is 447 g/mol. The van der Waals surface area contributed by atoms with Gasteiger partial charge in [-0.25, -0.2) is 9.38 Å². The molecule has 2 unspecified atom stereocenters. The molecule has 1 aliphatic heterocycles. The number of benzene rings is 2. The fraction of sp³-hybridized carbons (Fsp3) is 0.364. The van der Waals surface area contributed by atoms with E-state index in [0.717, 1.165) is 24.5 Å². The van der Waals surface area contributed by atoms with Crippen LogP contribution in [0.2, 0.25) is 5.02 Å². The van der Waals surface area contributed by atoms with E-state index in [-0.39, 0.29) is 28.6 Å². The van der Waals surface area contributed by atoms with Gasteiger partial charge in [-0.1, -0.05) is 41.9 Å². The van der Waals surface area contributed by atoms with E-state index in [0.29, 0.717) is 19.6 Å². The van der Waals surface area contributed by atoms with Gasteiger partial charge in [-0.15, -0.1) is 0 Å². The number of nitrogens with one attached hydrogen (secondary N) is 2. The Morgan fingerprint density at radius 2 is 1.90 bits per heavy atom. The molecule has 9 heteroatoms. The lowest BCUT2D eigenvalue weighted by Crippen LogP contribution is -2.51. The Labute approximate surface area is 186 Å². The van der Waals surface area contributed by atoms with E-state index in [2.05, 4.69) is 15.6 Å². The topological polar surface area (TPSA) is 115 Å². The molecule has 2 aromatic rings. The van der Waals surface area contributed by atoms with Crippen LogP contribution in [-0.4, -0.2) is 37.3 Å². The number of carbonyl (C=O) groups excluding carboxylic acids is 1. The molecule has 1 amide bonds. The van der Waals surface area contributed by atoms with Gasteiger partial charge in [0.2, 0.25) is 0 Å². The van der Waals surface area contributed by atoms with Crippen molar-refractivity contribution in [1.29, 1.82) is 0 Å². The van der Waals surface area contributed by atoms with Crippen LogP contribution >= 0.6 is 11.6 Å². The zero-order valence-corrected chi connectivity index (χ0v) is 17.8. The quantitative estimate of drug-likeness (QED) is 0.309. The van der Waals surface area contributed by atoms with Gasteiger partial charge in [0.25, 0.3) is 5.91 Å². The summed E-state index contributed by atoms with van der Waals surface area (Å²) in [5.41, 5.74) is 13.6. The van der Waals surface area contributed by atoms with Crippen molar-refractivity contribution in [2.24, 2.45) is 16.5 Å². The molecule has 3 rings (SSSR count). The number of aliphatic imine (C=N–C) groups is 1. The summed E-state index contributed by atoms with van der Waals surface area (Å²) >= 11 is 5.70. The van der Waals surface area contributed by atoms with Gasteiger partial charge < -0.3 is 21.5 Å². The van der Waals surface area contributed by atoms with Crippen molar-refractivity contribution in [1.82, 2.24) is 10.6 Å². The van der Waals surface area contributed by atoms with Crippen LogP contribution < -0.4 is 22.1 Å². The third-order valence-corrected chi connectivity index (χ3v) is 5.28. The highest BCUT2D eigenvalue weighted by atomic mass is 35.5. The molecule has 7 nitrogen and oxygen atoms in total. The fourth-order valence-electron chi connectivity index (χ4n) is 3.26. The number of carbonyl (C=O) groups is 1. The van der Waals surface area contributed by atoms with Gasteiger partial charge >= 0.3 is 0 Å². The van der Waals surface area contributed by atoms with E-state index in [1.165, 1.54) is 12.1 Å². The van der Waals surface area contributed by atoms with Crippen molar-refractivity contribution in [2.45, 2.75) is 37.5 Å². The van der Waals surface area contributed by atoms with E-state index in [4.69, 9.17) is 27.8 Å². The van der Waals surface area contributed by atoms with Crippen molar-refractivity contribution in [2.75, 3.05) is 13.2 Å². The molecule has 2 aromatic carbocycles. The highest BCUT2D eigenvalue weighted by Crippen LogP contribution is 2.16. The van der Waals surface area contributed by atoms with Crippen LogP contribution in [0.1, 0.15) is 41.2 Å². The average molecular weight is 448 g/mol. The lowest BCUT2D eigenvalue weighted by atomic mass is 10.0. The molecule has 6 N–H and O–H groups in total. The Bertz CT molecular complexity index is 906. The predicted molar refractivity (Wildman–Crippen MR) is 119 cm³/mol. The molecule has 1 heterocycles. The first-order chi connectivity index (χ1) is 14.9. The van der Waals surface area contributed by atoms with E-state index in [1.807, 2.05) is 30.3 Å². The van der Waals surface area contributed by atoms with Crippen molar-refractivity contribution >= 4 is 23.5 Å². The summed E-state index contributed by atoms with van der Waals surface area (Å²) in [4.78, 5) is 17.3. The Balaban J connectivity index is 1.70. The molecular weight excluding hydrogens is 421 g/mol. The summed E-state index contributed by atoms with van der Waals surface area (Å²) in [6.45, 7) is 1.20.